The molecular formula is C49H39N. The molecule has 50 heavy (non-hydrogen) atoms. The number of rotatable bonds is 6. The maximum atomic E-state index is 2.47. The molecule has 0 spiro atoms. The van der Waals surface area contributed by atoms with Gasteiger partial charge in [-0.05, 0) is 141 Å². The molecule has 0 atom stereocenters. The van der Waals surface area contributed by atoms with E-state index in [4.69, 9.17) is 0 Å². The predicted octanol–water partition coefficient (Wildman–Crippen LogP) is 13.7. The van der Waals surface area contributed by atoms with E-state index in [0.717, 1.165) is 17.8 Å². The molecule has 0 saturated carbocycles. The third kappa shape index (κ3) is 5.46. The lowest BCUT2D eigenvalue weighted by Crippen LogP contribution is -2.13. The number of nitrogens with zero attached hydrogens (tertiary/aromatic N) is 1. The van der Waals surface area contributed by atoms with Gasteiger partial charge in [-0.3, -0.25) is 0 Å². The lowest BCUT2D eigenvalue weighted by molar-refractivity contribution is 0.685. The molecule has 0 unspecified atom stereocenters. The van der Waals surface area contributed by atoms with Crippen molar-refractivity contribution in [1.82, 2.24) is 0 Å². The summed E-state index contributed by atoms with van der Waals surface area (Å²) in [5.41, 5.74) is 15.3. The van der Waals surface area contributed by atoms with Crippen LogP contribution in [0.15, 0.2) is 170 Å². The quantitative estimate of drug-likeness (QED) is 0.163. The molecule has 0 aromatic heterocycles. The summed E-state index contributed by atoms with van der Waals surface area (Å²) >= 11 is 0. The second-order valence-corrected chi connectivity index (χ2v) is 13.6. The smallest absolute Gasteiger partial charge is 0.0493 e. The molecule has 0 N–H and O–H groups in total. The first-order valence-electron chi connectivity index (χ1n) is 17.9. The Hall–Kier alpha value is -5.92. The Labute approximate surface area is 295 Å². The van der Waals surface area contributed by atoms with Gasteiger partial charge in [-0.25, -0.2) is 0 Å². The van der Waals surface area contributed by atoms with Gasteiger partial charge in [0.1, 0.15) is 0 Å². The first-order valence-corrected chi connectivity index (χ1v) is 17.9. The van der Waals surface area contributed by atoms with Gasteiger partial charge in [0, 0.05) is 17.1 Å². The number of aryl methyl sites for hydroxylation is 3. The fourth-order valence-electron chi connectivity index (χ4n) is 8.04. The van der Waals surface area contributed by atoms with Crippen molar-refractivity contribution in [3.05, 3.63) is 187 Å². The van der Waals surface area contributed by atoms with Crippen molar-refractivity contribution < 1.29 is 0 Å². The Kier molecular flexibility index (Phi) is 7.75. The van der Waals surface area contributed by atoms with Crippen LogP contribution in [-0.2, 0) is 12.8 Å². The molecule has 9 rings (SSSR count). The van der Waals surface area contributed by atoms with Crippen molar-refractivity contribution in [2.45, 2.75) is 32.6 Å². The molecule has 0 heterocycles. The fraction of sp³-hybridized carbons (Fsp3) is 0.102. The summed E-state index contributed by atoms with van der Waals surface area (Å²) in [6.07, 6.45) is 4.88. The molecule has 8 aromatic rings. The van der Waals surface area contributed by atoms with Crippen molar-refractivity contribution in [2.75, 3.05) is 4.90 Å². The number of benzene rings is 8. The van der Waals surface area contributed by atoms with Gasteiger partial charge < -0.3 is 4.90 Å². The van der Waals surface area contributed by atoms with Gasteiger partial charge in [0.2, 0.25) is 0 Å². The van der Waals surface area contributed by atoms with E-state index in [-0.39, 0.29) is 0 Å². The van der Waals surface area contributed by atoms with Crippen molar-refractivity contribution >= 4 is 38.6 Å². The van der Waals surface area contributed by atoms with Gasteiger partial charge in [-0.15, -0.1) is 0 Å². The molecule has 8 aromatic carbocycles. The first kappa shape index (κ1) is 30.2. The van der Waals surface area contributed by atoms with E-state index in [2.05, 4.69) is 182 Å². The van der Waals surface area contributed by atoms with Crippen LogP contribution in [0.2, 0.25) is 0 Å². The van der Waals surface area contributed by atoms with Crippen LogP contribution >= 0.6 is 0 Å². The lowest BCUT2D eigenvalue weighted by atomic mass is 9.89. The minimum absolute atomic E-state index is 1.15. The minimum atomic E-state index is 1.15. The van der Waals surface area contributed by atoms with E-state index < -0.39 is 0 Å². The third-order valence-electron chi connectivity index (χ3n) is 10.6. The van der Waals surface area contributed by atoms with Crippen LogP contribution < -0.4 is 4.90 Å². The van der Waals surface area contributed by atoms with Crippen LogP contribution in [-0.4, -0.2) is 0 Å². The van der Waals surface area contributed by atoms with Crippen molar-refractivity contribution in [2.24, 2.45) is 0 Å². The Morgan fingerprint density at radius 2 is 0.900 bits per heavy atom. The van der Waals surface area contributed by atoms with Gasteiger partial charge in [0.15, 0.2) is 0 Å². The summed E-state index contributed by atoms with van der Waals surface area (Å²) in [7, 11) is 0. The van der Waals surface area contributed by atoms with Crippen molar-refractivity contribution in [3.63, 3.8) is 0 Å². The topological polar surface area (TPSA) is 3.24 Å². The van der Waals surface area contributed by atoms with Crippen LogP contribution in [0.1, 0.15) is 29.5 Å². The largest absolute Gasteiger partial charge is 0.310 e. The Morgan fingerprint density at radius 1 is 0.400 bits per heavy atom. The summed E-state index contributed by atoms with van der Waals surface area (Å²) in [5.74, 6) is 0. The van der Waals surface area contributed by atoms with E-state index in [1.807, 2.05) is 0 Å². The second-order valence-electron chi connectivity index (χ2n) is 13.6. The molecular weight excluding hydrogens is 603 g/mol. The highest BCUT2D eigenvalue weighted by molar-refractivity contribution is 6.13. The lowest BCUT2D eigenvalue weighted by Gasteiger charge is -2.29. The molecule has 1 aliphatic rings. The van der Waals surface area contributed by atoms with Crippen molar-refractivity contribution in [3.8, 4) is 33.4 Å². The minimum Gasteiger partial charge on any atom is -0.310 e. The molecule has 240 valence electrons. The van der Waals surface area contributed by atoms with Gasteiger partial charge >= 0.3 is 0 Å². The molecule has 0 saturated heterocycles. The van der Waals surface area contributed by atoms with Crippen LogP contribution in [0, 0.1) is 6.92 Å². The summed E-state index contributed by atoms with van der Waals surface area (Å²) in [5, 5.41) is 5.15. The zero-order valence-corrected chi connectivity index (χ0v) is 28.4. The van der Waals surface area contributed by atoms with Crippen LogP contribution in [0.25, 0.3) is 54.9 Å². The molecule has 1 nitrogen and oxygen atoms in total. The summed E-state index contributed by atoms with van der Waals surface area (Å²) < 4.78 is 0. The normalized spacial score (nSPS) is 12.6. The number of hydrogen-bond donors (Lipinski definition) is 0. The number of hydrogen-bond acceptors (Lipinski definition) is 1. The monoisotopic (exact) mass is 641 g/mol. The molecule has 0 radical (unpaired) electrons. The predicted molar refractivity (Wildman–Crippen MR) is 214 cm³/mol. The number of anilines is 3. The SMILES string of the molecule is Cc1cc2c(cc1N(c1ccc(-c3ccccc3-c3ccccc3)cc1)c1ccc(-c3cc4ccccc4c4ccccc34)cc1)CCCC2. The van der Waals surface area contributed by atoms with Gasteiger partial charge in [0.25, 0.3) is 0 Å². The molecule has 0 amide bonds. The number of fused-ring (bicyclic) bond motifs is 4. The van der Waals surface area contributed by atoms with Gasteiger partial charge in [-0.1, -0.05) is 133 Å². The van der Waals surface area contributed by atoms with Crippen LogP contribution in [0.4, 0.5) is 17.1 Å². The standard InChI is InChI=1S/C49H39N/c1-34-31-38-15-5-6-16-39(38)33-49(34)50(41-27-23-36(24-28-41)44-19-10-9-18-43(44)35-13-3-2-4-14-35)42-29-25-37(26-30-42)48-32-40-17-7-8-20-45(40)46-21-11-12-22-47(46)48/h2-4,7-14,17-33H,5-6,15-16H2,1H3. The third-order valence-corrected chi connectivity index (χ3v) is 10.6. The first-order chi connectivity index (χ1) is 24.7. The molecule has 0 bridgehead atoms. The molecule has 1 aliphatic carbocycles. The Balaban J connectivity index is 1.15. The van der Waals surface area contributed by atoms with E-state index in [1.165, 1.54) is 96.6 Å². The highest BCUT2D eigenvalue weighted by Gasteiger charge is 2.20. The maximum absolute atomic E-state index is 2.47. The van der Waals surface area contributed by atoms with E-state index >= 15 is 0 Å². The zero-order chi connectivity index (χ0) is 33.4. The van der Waals surface area contributed by atoms with Crippen molar-refractivity contribution in [1.29, 1.82) is 0 Å². The molecule has 0 aliphatic heterocycles. The van der Waals surface area contributed by atoms with Crippen LogP contribution in [0.3, 0.4) is 0 Å². The Bertz CT molecular complexity index is 2470. The van der Waals surface area contributed by atoms with Gasteiger partial charge in [0.05, 0.1) is 0 Å². The highest BCUT2D eigenvalue weighted by Crippen LogP contribution is 2.42. The Morgan fingerprint density at radius 3 is 1.56 bits per heavy atom. The van der Waals surface area contributed by atoms with E-state index in [0.29, 0.717) is 0 Å². The maximum Gasteiger partial charge on any atom is 0.0493 e. The summed E-state index contributed by atoms with van der Waals surface area (Å²) in [6, 6.07) is 62.6. The van der Waals surface area contributed by atoms with Gasteiger partial charge in [-0.2, -0.15) is 0 Å². The molecule has 1 heteroatoms. The average molecular weight is 642 g/mol. The zero-order valence-electron chi connectivity index (χ0n) is 28.4. The average Bonchev–Trinajstić information content (AvgIpc) is 3.19. The second kappa shape index (κ2) is 12.8. The summed E-state index contributed by atoms with van der Waals surface area (Å²) in [6.45, 7) is 2.28. The van der Waals surface area contributed by atoms with E-state index in [1.54, 1.807) is 0 Å². The molecule has 0 fully saturated rings. The van der Waals surface area contributed by atoms with Crippen LogP contribution in [0.5, 0.6) is 0 Å². The van der Waals surface area contributed by atoms with E-state index in [9.17, 15) is 0 Å². The highest BCUT2D eigenvalue weighted by atomic mass is 15.1. The fourth-order valence-corrected chi connectivity index (χ4v) is 8.04. The summed E-state index contributed by atoms with van der Waals surface area (Å²) in [4.78, 5) is 2.46.